The van der Waals surface area contributed by atoms with Crippen LogP contribution in [0.3, 0.4) is 0 Å². The van der Waals surface area contributed by atoms with Crippen LogP contribution in [-0.2, 0) is 4.74 Å². The van der Waals surface area contributed by atoms with E-state index in [1.165, 1.54) is 6.07 Å². The van der Waals surface area contributed by atoms with Crippen molar-refractivity contribution >= 4 is 15.9 Å². The summed E-state index contributed by atoms with van der Waals surface area (Å²) < 4.78 is 19.4. The maximum Gasteiger partial charge on any atom is 0.137 e. The smallest absolute Gasteiger partial charge is 0.137 e. The van der Waals surface area contributed by atoms with Crippen molar-refractivity contribution in [3.05, 3.63) is 33.5 Å². The summed E-state index contributed by atoms with van der Waals surface area (Å²) >= 11 is 3.20. The van der Waals surface area contributed by atoms with Gasteiger partial charge in [0.25, 0.3) is 0 Å². The van der Waals surface area contributed by atoms with E-state index in [-0.39, 0.29) is 11.9 Å². The fourth-order valence-corrected chi connectivity index (χ4v) is 2.13. The Kier molecular flexibility index (Phi) is 3.38. The Morgan fingerprint density at radius 2 is 2.33 bits per heavy atom. The summed E-state index contributed by atoms with van der Waals surface area (Å²) in [6, 6.07) is 3.35. The Morgan fingerprint density at radius 3 is 3.00 bits per heavy atom. The molecule has 0 aromatic heterocycles. The van der Waals surface area contributed by atoms with Crippen molar-refractivity contribution in [2.45, 2.75) is 13.0 Å². The molecule has 1 saturated heterocycles. The highest BCUT2D eigenvalue weighted by Crippen LogP contribution is 2.27. The molecule has 0 spiro atoms. The van der Waals surface area contributed by atoms with Gasteiger partial charge in [-0.3, -0.25) is 0 Å². The van der Waals surface area contributed by atoms with Crippen LogP contribution in [-0.4, -0.2) is 19.7 Å². The zero-order valence-corrected chi connectivity index (χ0v) is 10.1. The number of hydrogen-bond acceptors (Lipinski definition) is 2. The standard InChI is InChI=1S/C11H13BrFNO/c1-7-4-10(13)9(12)5-8(7)11-6-14-2-3-15-11/h4-5,11,14H,2-3,6H2,1H3. The van der Waals surface area contributed by atoms with Crippen molar-refractivity contribution in [2.24, 2.45) is 0 Å². The van der Waals surface area contributed by atoms with Crippen LogP contribution in [0.4, 0.5) is 4.39 Å². The number of hydrogen-bond donors (Lipinski definition) is 1. The zero-order chi connectivity index (χ0) is 10.8. The Bertz CT molecular complexity index is 364. The van der Waals surface area contributed by atoms with E-state index in [2.05, 4.69) is 21.2 Å². The van der Waals surface area contributed by atoms with E-state index in [1.54, 1.807) is 0 Å². The molecule has 0 aliphatic carbocycles. The number of ether oxygens (including phenoxy) is 1. The molecular weight excluding hydrogens is 261 g/mol. The quantitative estimate of drug-likeness (QED) is 0.849. The second-order valence-corrected chi connectivity index (χ2v) is 4.54. The van der Waals surface area contributed by atoms with Gasteiger partial charge in [-0.1, -0.05) is 0 Å². The summed E-state index contributed by atoms with van der Waals surface area (Å²) in [6.07, 6.45) is 0.0376. The molecule has 1 unspecified atom stereocenters. The number of morpholine rings is 1. The molecular formula is C11H13BrFNO. The second kappa shape index (κ2) is 4.60. The first-order valence-electron chi connectivity index (χ1n) is 4.96. The molecule has 1 atom stereocenters. The number of nitrogens with one attached hydrogen (secondary N) is 1. The van der Waals surface area contributed by atoms with Crippen LogP contribution in [0.5, 0.6) is 0 Å². The van der Waals surface area contributed by atoms with Gasteiger partial charge in [0.1, 0.15) is 5.82 Å². The molecule has 1 aromatic carbocycles. The monoisotopic (exact) mass is 273 g/mol. The van der Waals surface area contributed by atoms with Crippen molar-refractivity contribution in [1.82, 2.24) is 5.32 Å². The van der Waals surface area contributed by atoms with E-state index >= 15 is 0 Å². The van der Waals surface area contributed by atoms with E-state index in [0.717, 1.165) is 24.2 Å². The van der Waals surface area contributed by atoms with Crippen molar-refractivity contribution < 1.29 is 9.13 Å². The number of aryl methyl sites for hydroxylation is 1. The first-order valence-corrected chi connectivity index (χ1v) is 5.75. The van der Waals surface area contributed by atoms with Crippen molar-refractivity contribution in [1.29, 1.82) is 0 Å². The highest BCUT2D eigenvalue weighted by Gasteiger charge is 2.18. The lowest BCUT2D eigenvalue weighted by atomic mass is 10.0. The number of rotatable bonds is 1. The van der Waals surface area contributed by atoms with Gasteiger partial charge >= 0.3 is 0 Å². The third-order valence-electron chi connectivity index (χ3n) is 2.58. The van der Waals surface area contributed by atoms with E-state index in [1.807, 2.05) is 13.0 Å². The van der Waals surface area contributed by atoms with Gasteiger partial charge in [-0.25, -0.2) is 4.39 Å². The molecule has 0 amide bonds. The molecule has 0 saturated carbocycles. The van der Waals surface area contributed by atoms with Gasteiger partial charge in [0, 0.05) is 13.1 Å². The van der Waals surface area contributed by atoms with Crippen molar-refractivity contribution in [2.75, 3.05) is 19.7 Å². The third-order valence-corrected chi connectivity index (χ3v) is 3.19. The molecule has 1 aromatic rings. The fourth-order valence-electron chi connectivity index (χ4n) is 1.77. The van der Waals surface area contributed by atoms with Crippen molar-refractivity contribution in [3.63, 3.8) is 0 Å². The molecule has 1 heterocycles. The SMILES string of the molecule is Cc1cc(F)c(Br)cc1C1CNCCO1. The second-order valence-electron chi connectivity index (χ2n) is 3.69. The predicted octanol–water partition coefficient (Wildman–Crippen LogP) is 2.56. The summed E-state index contributed by atoms with van der Waals surface area (Å²) in [5.74, 6) is -0.222. The topological polar surface area (TPSA) is 21.3 Å². The minimum absolute atomic E-state index is 0.0376. The van der Waals surface area contributed by atoms with Crippen LogP contribution in [0.1, 0.15) is 17.2 Å². The molecule has 0 bridgehead atoms. The highest BCUT2D eigenvalue weighted by atomic mass is 79.9. The lowest BCUT2D eigenvalue weighted by Crippen LogP contribution is -2.33. The van der Waals surface area contributed by atoms with Crippen LogP contribution in [0.2, 0.25) is 0 Å². The van der Waals surface area contributed by atoms with Gasteiger partial charge in [0.2, 0.25) is 0 Å². The molecule has 2 rings (SSSR count). The van der Waals surface area contributed by atoms with E-state index in [0.29, 0.717) is 11.1 Å². The fraction of sp³-hybridized carbons (Fsp3) is 0.455. The van der Waals surface area contributed by atoms with Crippen LogP contribution < -0.4 is 5.32 Å². The molecule has 1 aliphatic rings. The Morgan fingerprint density at radius 1 is 1.53 bits per heavy atom. The zero-order valence-electron chi connectivity index (χ0n) is 8.52. The lowest BCUT2D eigenvalue weighted by molar-refractivity contribution is 0.0272. The maximum absolute atomic E-state index is 13.2. The normalized spacial score (nSPS) is 21.7. The van der Waals surface area contributed by atoms with Gasteiger partial charge in [0.05, 0.1) is 17.2 Å². The summed E-state index contributed by atoms with van der Waals surface area (Å²) in [7, 11) is 0. The van der Waals surface area contributed by atoms with E-state index < -0.39 is 0 Å². The van der Waals surface area contributed by atoms with Gasteiger partial charge in [-0.2, -0.15) is 0 Å². The molecule has 1 aliphatic heterocycles. The lowest BCUT2D eigenvalue weighted by Gasteiger charge is -2.25. The van der Waals surface area contributed by atoms with Crippen molar-refractivity contribution in [3.8, 4) is 0 Å². The largest absolute Gasteiger partial charge is 0.371 e. The van der Waals surface area contributed by atoms with Gasteiger partial charge in [-0.15, -0.1) is 0 Å². The van der Waals surface area contributed by atoms with E-state index in [4.69, 9.17) is 4.74 Å². The van der Waals surface area contributed by atoms with Crippen LogP contribution >= 0.6 is 15.9 Å². The number of halogens is 2. The van der Waals surface area contributed by atoms with E-state index in [9.17, 15) is 4.39 Å². The Hall–Kier alpha value is -0.450. The number of benzene rings is 1. The average Bonchev–Trinajstić information content (AvgIpc) is 2.25. The molecule has 2 nitrogen and oxygen atoms in total. The maximum atomic E-state index is 13.2. The molecule has 1 fully saturated rings. The molecule has 15 heavy (non-hydrogen) atoms. The summed E-state index contributed by atoms with van der Waals surface area (Å²) in [5.41, 5.74) is 1.99. The predicted molar refractivity (Wildman–Crippen MR) is 60.4 cm³/mol. The first kappa shape index (κ1) is 11.0. The molecule has 1 N–H and O–H groups in total. The minimum Gasteiger partial charge on any atom is -0.371 e. The van der Waals surface area contributed by atoms with Crippen LogP contribution in [0.25, 0.3) is 0 Å². The minimum atomic E-state index is -0.222. The van der Waals surface area contributed by atoms with Crippen LogP contribution in [0.15, 0.2) is 16.6 Å². The Balaban J connectivity index is 2.30. The molecule has 82 valence electrons. The van der Waals surface area contributed by atoms with Gasteiger partial charge in [-0.05, 0) is 46.1 Å². The molecule has 0 radical (unpaired) electrons. The highest BCUT2D eigenvalue weighted by molar-refractivity contribution is 9.10. The van der Waals surface area contributed by atoms with Gasteiger partial charge < -0.3 is 10.1 Å². The summed E-state index contributed by atoms with van der Waals surface area (Å²) in [6.45, 7) is 4.29. The molecule has 4 heteroatoms. The first-order chi connectivity index (χ1) is 7.18. The van der Waals surface area contributed by atoms with Crippen LogP contribution in [0, 0.1) is 12.7 Å². The third kappa shape index (κ3) is 2.38. The summed E-state index contributed by atoms with van der Waals surface area (Å²) in [5, 5.41) is 3.26. The van der Waals surface area contributed by atoms with Gasteiger partial charge in [0.15, 0.2) is 0 Å². The Labute approximate surface area is 96.9 Å². The summed E-state index contributed by atoms with van der Waals surface area (Å²) in [4.78, 5) is 0. The average molecular weight is 274 g/mol.